The van der Waals surface area contributed by atoms with Gasteiger partial charge in [-0.05, 0) is 44.4 Å². The van der Waals surface area contributed by atoms with E-state index in [1.165, 1.54) is 38.6 Å². The maximum atomic E-state index is 12.2. The Kier molecular flexibility index (Phi) is 3.68. The van der Waals surface area contributed by atoms with Crippen molar-refractivity contribution in [2.45, 2.75) is 51.6 Å². The van der Waals surface area contributed by atoms with Gasteiger partial charge in [-0.2, -0.15) is 0 Å². The zero-order chi connectivity index (χ0) is 15.1. The first-order chi connectivity index (χ1) is 10.7. The number of imidazole rings is 1. The number of hydrogen-bond acceptors (Lipinski definition) is 3. The predicted octanol–water partition coefficient (Wildman–Crippen LogP) is 2.20. The molecule has 1 atom stereocenters. The lowest BCUT2D eigenvalue weighted by Gasteiger charge is -2.38. The van der Waals surface area contributed by atoms with E-state index in [0.717, 1.165) is 31.4 Å². The van der Waals surface area contributed by atoms with Gasteiger partial charge in [0.15, 0.2) is 0 Å². The maximum Gasteiger partial charge on any atom is 0.271 e. The van der Waals surface area contributed by atoms with Crippen LogP contribution in [0, 0.1) is 11.8 Å². The van der Waals surface area contributed by atoms with Crippen LogP contribution in [0.15, 0.2) is 6.20 Å². The largest absolute Gasteiger partial charge is 0.350 e. The van der Waals surface area contributed by atoms with Gasteiger partial charge in [-0.25, -0.2) is 4.98 Å². The van der Waals surface area contributed by atoms with Crippen LogP contribution < -0.4 is 5.32 Å². The second kappa shape index (κ2) is 5.69. The van der Waals surface area contributed by atoms with Crippen molar-refractivity contribution in [1.29, 1.82) is 0 Å². The fourth-order valence-electron chi connectivity index (χ4n) is 3.55. The molecule has 22 heavy (non-hydrogen) atoms. The van der Waals surface area contributed by atoms with Gasteiger partial charge in [0.2, 0.25) is 0 Å². The zero-order valence-electron chi connectivity index (χ0n) is 13.4. The maximum absolute atomic E-state index is 12.2. The molecule has 1 aromatic heterocycles. The average Bonchev–Trinajstić information content (AvgIpc) is 3.19. The first-order valence-corrected chi connectivity index (χ1v) is 8.80. The normalized spacial score (nSPS) is 25.6. The van der Waals surface area contributed by atoms with E-state index in [0.29, 0.717) is 17.7 Å². The Labute approximate surface area is 132 Å². The van der Waals surface area contributed by atoms with E-state index in [-0.39, 0.29) is 5.91 Å². The van der Waals surface area contributed by atoms with Crippen molar-refractivity contribution < 1.29 is 4.79 Å². The van der Waals surface area contributed by atoms with Crippen LogP contribution in [-0.4, -0.2) is 40.0 Å². The smallest absolute Gasteiger partial charge is 0.271 e. The van der Waals surface area contributed by atoms with E-state index in [2.05, 4.69) is 26.7 Å². The van der Waals surface area contributed by atoms with Crippen LogP contribution in [0.5, 0.6) is 0 Å². The fourth-order valence-corrected chi connectivity index (χ4v) is 3.55. The summed E-state index contributed by atoms with van der Waals surface area (Å²) < 4.78 is 2.17. The molecule has 0 spiro atoms. The lowest BCUT2D eigenvalue weighted by atomic mass is 9.84. The van der Waals surface area contributed by atoms with E-state index < -0.39 is 0 Å². The quantitative estimate of drug-likeness (QED) is 0.907. The second-order valence-corrected chi connectivity index (χ2v) is 7.30. The highest BCUT2D eigenvalue weighted by Gasteiger charge is 2.30. The Balaban J connectivity index is 1.42. The molecule has 0 radical (unpaired) electrons. The molecule has 2 heterocycles. The number of rotatable bonds is 5. The Bertz CT molecular complexity index is 559. The molecule has 2 fully saturated rings. The first-order valence-electron chi connectivity index (χ1n) is 8.80. The third-order valence-corrected chi connectivity index (χ3v) is 5.56. The van der Waals surface area contributed by atoms with Crippen LogP contribution in [0.25, 0.3) is 0 Å². The van der Waals surface area contributed by atoms with Crippen molar-refractivity contribution in [3.8, 4) is 0 Å². The lowest BCUT2D eigenvalue weighted by Crippen LogP contribution is -2.41. The SMILES string of the molecule is C[C@H]1c2nc(C(=O)NCC3CC3)cn2CCN1CC1CCC1. The van der Waals surface area contributed by atoms with Crippen molar-refractivity contribution in [1.82, 2.24) is 19.8 Å². The van der Waals surface area contributed by atoms with Crippen LogP contribution in [0.4, 0.5) is 0 Å². The summed E-state index contributed by atoms with van der Waals surface area (Å²) in [6, 6.07) is 0.319. The molecule has 0 aromatic carbocycles. The highest BCUT2D eigenvalue weighted by Crippen LogP contribution is 2.32. The summed E-state index contributed by atoms with van der Waals surface area (Å²) in [6.45, 7) is 6.25. The number of carbonyl (C=O) groups excluding carboxylic acids is 1. The molecule has 120 valence electrons. The van der Waals surface area contributed by atoms with Gasteiger partial charge in [0.05, 0.1) is 6.04 Å². The van der Waals surface area contributed by atoms with Crippen LogP contribution in [-0.2, 0) is 6.54 Å². The molecule has 4 rings (SSSR count). The summed E-state index contributed by atoms with van der Waals surface area (Å²) in [5.41, 5.74) is 0.591. The van der Waals surface area contributed by atoms with Gasteiger partial charge in [-0.1, -0.05) is 6.42 Å². The van der Waals surface area contributed by atoms with Gasteiger partial charge in [-0.15, -0.1) is 0 Å². The molecular formula is C17H26N4O. The minimum Gasteiger partial charge on any atom is -0.350 e. The van der Waals surface area contributed by atoms with E-state index in [1.807, 2.05) is 6.20 Å². The summed E-state index contributed by atoms with van der Waals surface area (Å²) in [6.07, 6.45) is 8.61. The standard InChI is InChI=1S/C17H26N4O/c1-12-16-19-15(17(22)18-9-13-5-6-13)11-21(16)8-7-20(12)10-14-3-2-4-14/h11-14H,2-10H2,1H3,(H,18,22)/t12-/m0/s1. The molecule has 0 unspecified atom stereocenters. The molecule has 1 aliphatic heterocycles. The number of fused-ring (bicyclic) bond motifs is 1. The Morgan fingerprint density at radius 3 is 2.77 bits per heavy atom. The second-order valence-electron chi connectivity index (χ2n) is 7.30. The number of carbonyl (C=O) groups is 1. The summed E-state index contributed by atoms with van der Waals surface area (Å²) in [7, 11) is 0. The molecule has 2 aliphatic carbocycles. The fraction of sp³-hybridized carbons (Fsp3) is 0.765. The first kappa shape index (κ1) is 14.2. The summed E-state index contributed by atoms with van der Waals surface area (Å²) >= 11 is 0. The molecule has 1 amide bonds. The summed E-state index contributed by atoms with van der Waals surface area (Å²) in [5, 5.41) is 3.02. The predicted molar refractivity (Wildman–Crippen MR) is 84.6 cm³/mol. The van der Waals surface area contributed by atoms with E-state index >= 15 is 0 Å². The van der Waals surface area contributed by atoms with Crippen LogP contribution in [0.2, 0.25) is 0 Å². The molecule has 1 aromatic rings. The monoisotopic (exact) mass is 302 g/mol. The number of amides is 1. The van der Waals surface area contributed by atoms with Crippen molar-refractivity contribution in [3.63, 3.8) is 0 Å². The van der Waals surface area contributed by atoms with Gasteiger partial charge in [0.1, 0.15) is 11.5 Å². The van der Waals surface area contributed by atoms with Gasteiger partial charge < -0.3 is 9.88 Å². The minimum absolute atomic E-state index is 0.00783. The van der Waals surface area contributed by atoms with Crippen LogP contribution in [0.1, 0.15) is 61.4 Å². The zero-order valence-corrected chi connectivity index (χ0v) is 13.4. The van der Waals surface area contributed by atoms with Gasteiger partial charge in [0, 0.05) is 32.4 Å². The topological polar surface area (TPSA) is 50.2 Å². The average molecular weight is 302 g/mol. The third-order valence-electron chi connectivity index (χ3n) is 5.56. The molecule has 5 heteroatoms. The van der Waals surface area contributed by atoms with Crippen molar-refractivity contribution in [2.24, 2.45) is 11.8 Å². The van der Waals surface area contributed by atoms with Gasteiger partial charge >= 0.3 is 0 Å². The summed E-state index contributed by atoms with van der Waals surface area (Å²) in [5.74, 6) is 2.64. The van der Waals surface area contributed by atoms with Crippen molar-refractivity contribution >= 4 is 5.91 Å². The van der Waals surface area contributed by atoms with Gasteiger partial charge in [0.25, 0.3) is 5.91 Å². The molecular weight excluding hydrogens is 276 g/mol. The molecule has 5 nitrogen and oxygen atoms in total. The molecule has 2 saturated carbocycles. The van der Waals surface area contributed by atoms with E-state index in [4.69, 9.17) is 0 Å². The third kappa shape index (κ3) is 2.78. The molecule has 1 N–H and O–H groups in total. The Morgan fingerprint density at radius 2 is 2.09 bits per heavy atom. The van der Waals surface area contributed by atoms with E-state index in [9.17, 15) is 4.79 Å². The molecule has 0 bridgehead atoms. The van der Waals surface area contributed by atoms with Gasteiger partial charge in [-0.3, -0.25) is 9.69 Å². The van der Waals surface area contributed by atoms with Crippen molar-refractivity contribution in [2.75, 3.05) is 19.6 Å². The Morgan fingerprint density at radius 1 is 1.27 bits per heavy atom. The van der Waals surface area contributed by atoms with Crippen molar-refractivity contribution in [3.05, 3.63) is 17.7 Å². The highest BCUT2D eigenvalue weighted by molar-refractivity contribution is 5.92. The minimum atomic E-state index is -0.00783. The molecule has 3 aliphatic rings. The van der Waals surface area contributed by atoms with Crippen LogP contribution in [0.3, 0.4) is 0 Å². The highest BCUT2D eigenvalue weighted by atomic mass is 16.1. The number of aromatic nitrogens is 2. The Hall–Kier alpha value is -1.36. The summed E-state index contributed by atoms with van der Waals surface area (Å²) in [4.78, 5) is 19.4. The number of hydrogen-bond donors (Lipinski definition) is 1. The molecule has 0 saturated heterocycles. The lowest BCUT2D eigenvalue weighted by molar-refractivity contribution is 0.0946. The number of nitrogens with one attached hydrogen (secondary N) is 1. The number of nitrogens with zero attached hydrogens (tertiary/aromatic N) is 3. The van der Waals surface area contributed by atoms with E-state index in [1.54, 1.807) is 0 Å². The van der Waals surface area contributed by atoms with Crippen LogP contribution >= 0.6 is 0 Å².